The second kappa shape index (κ2) is 6.82. The van der Waals surface area contributed by atoms with E-state index < -0.39 is 23.5 Å². The van der Waals surface area contributed by atoms with Crippen molar-refractivity contribution in [2.24, 2.45) is 5.92 Å². The number of hydrogen-bond acceptors (Lipinski definition) is 4. The van der Waals surface area contributed by atoms with Crippen molar-refractivity contribution in [3.8, 4) is 0 Å². The third-order valence-electron chi connectivity index (χ3n) is 1.34. The SMILES string of the molecule is CCOC(=O)C(C(C)=O)C(C)=O.[AlH3]. The molecule has 0 rings (SSSR count). The van der Waals surface area contributed by atoms with Gasteiger partial charge in [0, 0.05) is 0 Å². The molecule has 0 spiro atoms. The minimum absolute atomic E-state index is 0. The predicted octanol–water partition coefficient (Wildman–Crippen LogP) is -0.840. The largest absolute Gasteiger partial charge is 0.465 e. The van der Waals surface area contributed by atoms with Crippen LogP contribution in [0.4, 0.5) is 0 Å². The average molecular weight is 202 g/mol. The fourth-order valence-corrected chi connectivity index (χ4v) is 0.844. The molecule has 5 heteroatoms. The lowest BCUT2D eigenvalue weighted by Crippen LogP contribution is -2.30. The van der Waals surface area contributed by atoms with Crippen LogP contribution in [0.1, 0.15) is 20.8 Å². The Balaban J connectivity index is 0. The molecule has 0 heterocycles. The molecule has 0 radical (unpaired) electrons. The van der Waals surface area contributed by atoms with E-state index in [0.29, 0.717) is 0 Å². The molecule has 0 aromatic carbocycles. The zero-order valence-electron chi connectivity index (χ0n) is 7.42. The lowest BCUT2D eigenvalue weighted by Gasteiger charge is -2.07. The summed E-state index contributed by atoms with van der Waals surface area (Å²) in [6.45, 7) is 4.19. The van der Waals surface area contributed by atoms with Crippen molar-refractivity contribution in [2.45, 2.75) is 20.8 Å². The van der Waals surface area contributed by atoms with E-state index in [1.807, 2.05) is 0 Å². The highest BCUT2D eigenvalue weighted by molar-refractivity contribution is 6.15. The lowest BCUT2D eigenvalue weighted by molar-refractivity contribution is -0.153. The average Bonchev–Trinajstić information content (AvgIpc) is 1.85. The standard InChI is InChI=1S/C8H12O4.Al.3H/c1-4-12-8(11)7(5(2)9)6(3)10;;;;/h7H,4H2,1-3H3;;;;. The Hall–Kier alpha value is -0.658. The van der Waals surface area contributed by atoms with E-state index in [-0.39, 0.29) is 24.0 Å². The van der Waals surface area contributed by atoms with E-state index in [1.165, 1.54) is 13.8 Å². The number of ketones is 2. The minimum Gasteiger partial charge on any atom is -0.465 e. The first-order chi connectivity index (χ1) is 5.50. The number of rotatable bonds is 4. The summed E-state index contributed by atoms with van der Waals surface area (Å²) in [5, 5.41) is 0. The fraction of sp³-hybridized carbons (Fsp3) is 0.625. The van der Waals surface area contributed by atoms with Crippen molar-refractivity contribution < 1.29 is 19.1 Å². The Morgan fingerprint density at radius 2 is 1.54 bits per heavy atom. The van der Waals surface area contributed by atoms with E-state index in [9.17, 15) is 14.4 Å². The van der Waals surface area contributed by atoms with E-state index in [1.54, 1.807) is 6.92 Å². The summed E-state index contributed by atoms with van der Waals surface area (Å²) in [5.41, 5.74) is 0. The van der Waals surface area contributed by atoms with Gasteiger partial charge in [-0.3, -0.25) is 14.4 Å². The second-order valence-corrected chi connectivity index (χ2v) is 2.41. The highest BCUT2D eigenvalue weighted by Crippen LogP contribution is 2.02. The molecule has 0 amide bonds. The van der Waals surface area contributed by atoms with Gasteiger partial charge in [-0.25, -0.2) is 0 Å². The van der Waals surface area contributed by atoms with Crippen LogP contribution >= 0.6 is 0 Å². The van der Waals surface area contributed by atoms with E-state index in [0.717, 1.165) is 0 Å². The molecule has 0 bridgehead atoms. The van der Waals surface area contributed by atoms with Crippen molar-refractivity contribution in [2.75, 3.05) is 6.61 Å². The maximum absolute atomic E-state index is 11.0. The van der Waals surface area contributed by atoms with Gasteiger partial charge in [-0.05, 0) is 20.8 Å². The molecule has 0 saturated heterocycles. The van der Waals surface area contributed by atoms with Crippen LogP contribution in [-0.2, 0) is 19.1 Å². The monoisotopic (exact) mass is 202 g/mol. The van der Waals surface area contributed by atoms with Crippen LogP contribution in [0, 0.1) is 5.92 Å². The highest BCUT2D eigenvalue weighted by atomic mass is 27.0. The van der Waals surface area contributed by atoms with Gasteiger partial charge in [0.1, 0.15) is 0 Å². The van der Waals surface area contributed by atoms with Gasteiger partial charge in [0.25, 0.3) is 0 Å². The van der Waals surface area contributed by atoms with Gasteiger partial charge in [-0.15, -0.1) is 0 Å². The summed E-state index contributed by atoms with van der Waals surface area (Å²) in [7, 11) is 0. The molecule has 0 N–H and O–H groups in total. The Morgan fingerprint density at radius 3 is 1.77 bits per heavy atom. The van der Waals surface area contributed by atoms with Crippen LogP contribution in [0.3, 0.4) is 0 Å². The first kappa shape index (κ1) is 14.8. The topological polar surface area (TPSA) is 60.4 Å². The number of ether oxygens (including phenoxy) is 1. The number of esters is 1. The van der Waals surface area contributed by atoms with Crippen molar-refractivity contribution in [1.82, 2.24) is 0 Å². The second-order valence-electron chi connectivity index (χ2n) is 2.41. The Kier molecular flexibility index (Phi) is 7.78. The normalized spacial score (nSPS) is 8.92. The van der Waals surface area contributed by atoms with Crippen molar-refractivity contribution in [3.05, 3.63) is 0 Å². The molecule has 4 nitrogen and oxygen atoms in total. The molecule has 0 unspecified atom stereocenters. The van der Waals surface area contributed by atoms with Crippen LogP contribution in [0.25, 0.3) is 0 Å². The molecule has 0 atom stereocenters. The number of carbonyl (C=O) groups is 3. The summed E-state index contributed by atoms with van der Waals surface area (Å²) in [6, 6.07) is 0. The summed E-state index contributed by atoms with van der Waals surface area (Å²) in [5.74, 6) is -2.93. The molecule has 0 aliphatic rings. The Bertz CT molecular complexity index is 198. The molecule has 0 saturated carbocycles. The first-order valence-electron chi connectivity index (χ1n) is 3.68. The van der Waals surface area contributed by atoms with Gasteiger partial charge in [0.05, 0.1) is 6.61 Å². The molecule has 0 aromatic rings. The van der Waals surface area contributed by atoms with Crippen molar-refractivity contribution in [3.63, 3.8) is 0 Å². The molecule has 74 valence electrons. The van der Waals surface area contributed by atoms with Gasteiger partial charge in [0.2, 0.25) is 0 Å². The Morgan fingerprint density at radius 1 is 1.15 bits per heavy atom. The smallest absolute Gasteiger partial charge is 0.324 e. The van der Waals surface area contributed by atoms with Gasteiger partial charge in [-0.2, -0.15) is 0 Å². The quantitative estimate of drug-likeness (QED) is 0.339. The van der Waals surface area contributed by atoms with Gasteiger partial charge in [0.15, 0.2) is 34.8 Å². The molecular formula is C8H15AlO4. The van der Waals surface area contributed by atoms with E-state index in [2.05, 4.69) is 4.74 Å². The minimum atomic E-state index is -1.23. The molecule has 13 heavy (non-hydrogen) atoms. The number of hydrogen-bond donors (Lipinski definition) is 0. The fourth-order valence-electron chi connectivity index (χ4n) is 0.844. The van der Waals surface area contributed by atoms with Crippen LogP contribution in [0.15, 0.2) is 0 Å². The van der Waals surface area contributed by atoms with Crippen molar-refractivity contribution >= 4 is 34.9 Å². The first-order valence-corrected chi connectivity index (χ1v) is 3.68. The van der Waals surface area contributed by atoms with Crippen LogP contribution in [0.5, 0.6) is 0 Å². The van der Waals surface area contributed by atoms with Crippen LogP contribution in [0.2, 0.25) is 0 Å². The molecule has 0 aliphatic carbocycles. The zero-order chi connectivity index (χ0) is 9.72. The highest BCUT2D eigenvalue weighted by Gasteiger charge is 2.28. The summed E-state index contributed by atoms with van der Waals surface area (Å²) < 4.78 is 4.55. The van der Waals surface area contributed by atoms with Crippen LogP contribution in [-0.4, -0.2) is 41.5 Å². The summed E-state index contributed by atoms with van der Waals surface area (Å²) in [4.78, 5) is 32.5. The van der Waals surface area contributed by atoms with Gasteiger partial charge >= 0.3 is 5.97 Å². The lowest BCUT2D eigenvalue weighted by atomic mass is 10.0. The van der Waals surface area contributed by atoms with Crippen molar-refractivity contribution in [1.29, 1.82) is 0 Å². The molecular weight excluding hydrogens is 187 g/mol. The number of carbonyl (C=O) groups excluding carboxylic acids is 3. The van der Waals surface area contributed by atoms with Gasteiger partial charge in [-0.1, -0.05) is 0 Å². The third-order valence-corrected chi connectivity index (χ3v) is 1.34. The van der Waals surface area contributed by atoms with E-state index in [4.69, 9.17) is 0 Å². The summed E-state index contributed by atoms with van der Waals surface area (Å²) in [6.07, 6.45) is 0. The van der Waals surface area contributed by atoms with Crippen LogP contribution < -0.4 is 0 Å². The third kappa shape index (κ3) is 4.81. The molecule has 0 aromatic heterocycles. The Labute approximate surface area is 87.8 Å². The van der Waals surface area contributed by atoms with Gasteiger partial charge < -0.3 is 4.74 Å². The molecule has 0 aliphatic heterocycles. The molecule has 0 fully saturated rings. The van der Waals surface area contributed by atoms with E-state index >= 15 is 0 Å². The number of Topliss-reactive ketones (excluding diaryl/α,β-unsaturated/α-hetero) is 2. The predicted molar refractivity (Wildman–Crippen MR) is 51.4 cm³/mol. The maximum atomic E-state index is 11.0. The zero-order valence-corrected chi connectivity index (χ0v) is 7.42. The summed E-state index contributed by atoms with van der Waals surface area (Å²) >= 11 is 0. The maximum Gasteiger partial charge on any atom is 0.324 e.